The summed E-state index contributed by atoms with van der Waals surface area (Å²) in [5, 5.41) is 0. The number of ether oxygens (including phenoxy) is 2. The van der Waals surface area contributed by atoms with E-state index in [0.717, 1.165) is 30.8 Å². The fraction of sp³-hybridized carbons (Fsp3) is 0.421. The molecule has 4 rings (SSSR count). The average Bonchev–Trinajstić information content (AvgIpc) is 2.73. The second kappa shape index (κ2) is 7.87. The maximum atomic E-state index is 12.9. The van der Waals surface area contributed by atoms with E-state index in [4.69, 9.17) is 9.47 Å². The molecule has 0 spiro atoms. The molecule has 0 N–H and O–H groups in total. The summed E-state index contributed by atoms with van der Waals surface area (Å²) >= 11 is 0. The van der Waals surface area contributed by atoms with Gasteiger partial charge in [0.25, 0.3) is 5.91 Å². The van der Waals surface area contributed by atoms with Crippen LogP contribution < -0.4 is 9.64 Å². The van der Waals surface area contributed by atoms with E-state index in [1.54, 1.807) is 4.90 Å². The van der Waals surface area contributed by atoms with Crippen LogP contribution in [0.5, 0.6) is 5.75 Å². The molecule has 3 heterocycles. The van der Waals surface area contributed by atoms with Crippen LogP contribution in [-0.2, 0) is 22.5 Å². The van der Waals surface area contributed by atoms with Crippen molar-refractivity contribution in [3.05, 3.63) is 47.5 Å². The van der Waals surface area contributed by atoms with Crippen LogP contribution in [-0.4, -0.2) is 60.2 Å². The average molecular weight is 372 g/mol. The van der Waals surface area contributed by atoms with Crippen molar-refractivity contribution >= 4 is 11.9 Å². The standard InChI is InChI=1S/C19H21FN4O3/c20-15-1-3-16(4-2-15)27-13-18(25)24-6-5-14-11-21-19(22-17(14)12-24)23-7-9-26-10-8-23/h1-4,11H,5-10,12-13H2. The fourth-order valence-corrected chi connectivity index (χ4v) is 3.19. The topological polar surface area (TPSA) is 67.8 Å². The number of benzene rings is 1. The van der Waals surface area contributed by atoms with Gasteiger partial charge in [-0.2, -0.15) is 0 Å². The SMILES string of the molecule is O=C(COc1ccc(F)cc1)N1CCc2cnc(N3CCOCC3)nc2C1. The van der Waals surface area contributed by atoms with Crippen molar-refractivity contribution in [3.8, 4) is 5.75 Å². The minimum Gasteiger partial charge on any atom is -0.484 e. The number of hydrogen-bond acceptors (Lipinski definition) is 6. The highest BCUT2D eigenvalue weighted by molar-refractivity contribution is 5.78. The first-order chi connectivity index (χ1) is 13.2. The molecule has 1 aromatic carbocycles. The van der Waals surface area contributed by atoms with Gasteiger partial charge in [-0.3, -0.25) is 4.79 Å². The van der Waals surface area contributed by atoms with Crippen molar-refractivity contribution < 1.29 is 18.7 Å². The molecule has 2 aliphatic rings. The Balaban J connectivity index is 1.39. The number of halogens is 1. The summed E-state index contributed by atoms with van der Waals surface area (Å²) < 4.78 is 23.8. The predicted molar refractivity (Wildman–Crippen MR) is 96.1 cm³/mol. The Morgan fingerprint density at radius 1 is 1.19 bits per heavy atom. The van der Waals surface area contributed by atoms with Gasteiger partial charge in [-0.15, -0.1) is 0 Å². The Hall–Kier alpha value is -2.74. The molecule has 1 amide bonds. The number of carbonyl (C=O) groups excluding carboxylic acids is 1. The normalized spacial score (nSPS) is 16.8. The number of amides is 1. The zero-order valence-electron chi connectivity index (χ0n) is 14.9. The summed E-state index contributed by atoms with van der Waals surface area (Å²) in [6.45, 7) is 3.86. The quantitative estimate of drug-likeness (QED) is 0.809. The molecule has 0 radical (unpaired) electrons. The number of nitrogens with zero attached hydrogens (tertiary/aromatic N) is 4. The van der Waals surface area contributed by atoms with E-state index in [0.29, 0.717) is 38.0 Å². The summed E-state index contributed by atoms with van der Waals surface area (Å²) in [5.74, 6) is 0.710. The molecule has 8 heteroatoms. The lowest BCUT2D eigenvalue weighted by Crippen LogP contribution is -2.40. The highest BCUT2D eigenvalue weighted by atomic mass is 19.1. The van der Waals surface area contributed by atoms with Gasteiger partial charge in [0.2, 0.25) is 5.95 Å². The molecule has 7 nitrogen and oxygen atoms in total. The third-order valence-electron chi connectivity index (χ3n) is 4.76. The van der Waals surface area contributed by atoms with Crippen molar-refractivity contribution in [1.29, 1.82) is 0 Å². The van der Waals surface area contributed by atoms with Crippen LogP contribution in [0.15, 0.2) is 30.5 Å². The lowest BCUT2D eigenvalue weighted by atomic mass is 10.1. The van der Waals surface area contributed by atoms with Crippen molar-refractivity contribution in [2.45, 2.75) is 13.0 Å². The molecular weight excluding hydrogens is 351 g/mol. The second-order valence-electron chi connectivity index (χ2n) is 6.55. The molecule has 1 saturated heterocycles. The van der Waals surface area contributed by atoms with E-state index in [1.807, 2.05) is 6.20 Å². The molecule has 0 unspecified atom stereocenters. The van der Waals surface area contributed by atoms with Crippen LogP contribution in [0.2, 0.25) is 0 Å². The number of morpholine rings is 1. The maximum absolute atomic E-state index is 12.9. The van der Waals surface area contributed by atoms with Gasteiger partial charge in [0.05, 0.1) is 25.5 Å². The third-order valence-corrected chi connectivity index (χ3v) is 4.76. The Morgan fingerprint density at radius 2 is 1.96 bits per heavy atom. The molecule has 27 heavy (non-hydrogen) atoms. The molecule has 0 bridgehead atoms. The molecule has 1 fully saturated rings. The molecule has 0 atom stereocenters. The van der Waals surface area contributed by atoms with E-state index >= 15 is 0 Å². The number of aromatic nitrogens is 2. The summed E-state index contributed by atoms with van der Waals surface area (Å²) in [7, 11) is 0. The van der Waals surface area contributed by atoms with Gasteiger partial charge in [-0.05, 0) is 36.2 Å². The van der Waals surface area contributed by atoms with Crippen LogP contribution >= 0.6 is 0 Å². The third kappa shape index (κ3) is 4.16. The Bertz CT molecular complexity index is 809. The molecule has 0 aliphatic carbocycles. The summed E-state index contributed by atoms with van der Waals surface area (Å²) in [4.78, 5) is 25.5. The summed E-state index contributed by atoms with van der Waals surface area (Å²) in [6, 6.07) is 5.63. The van der Waals surface area contributed by atoms with Gasteiger partial charge in [0.1, 0.15) is 11.6 Å². The summed E-state index contributed by atoms with van der Waals surface area (Å²) in [6.07, 6.45) is 2.59. The minimum atomic E-state index is -0.336. The van der Waals surface area contributed by atoms with Crippen LogP contribution in [0, 0.1) is 5.82 Å². The number of anilines is 1. The predicted octanol–water partition coefficient (Wildman–Crippen LogP) is 1.42. The molecular formula is C19H21FN4O3. The smallest absolute Gasteiger partial charge is 0.260 e. The van der Waals surface area contributed by atoms with E-state index < -0.39 is 0 Å². The van der Waals surface area contributed by atoms with Crippen LogP contribution in [0.1, 0.15) is 11.3 Å². The zero-order valence-corrected chi connectivity index (χ0v) is 14.9. The Morgan fingerprint density at radius 3 is 2.74 bits per heavy atom. The number of rotatable bonds is 4. The lowest BCUT2D eigenvalue weighted by molar-refractivity contribution is -0.134. The van der Waals surface area contributed by atoms with Crippen LogP contribution in [0.4, 0.5) is 10.3 Å². The molecule has 1 aromatic heterocycles. The lowest BCUT2D eigenvalue weighted by Gasteiger charge is -2.30. The largest absolute Gasteiger partial charge is 0.484 e. The highest BCUT2D eigenvalue weighted by Gasteiger charge is 2.24. The molecule has 2 aliphatic heterocycles. The van der Waals surface area contributed by atoms with Crippen LogP contribution in [0.25, 0.3) is 0 Å². The molecule has 2 aromatic rings. The fourth-order valence-electron chi connectivity index (χ4n) is 3.19. The van der Waals surface area contributed by atoms with Crippen molar-refractivity contribution in [3.63, 3.8) is 0 Å². The van der Waals surface area contributed by atoms with Gasteiger partial charge in [-0.1, -0.05) is 0 Å². The van der Waals surface area contributed by atoms with Gasteiger partial charge in [-0.25, -0.2) is 14.4 Å². The van der Waals surface area contributed by atoms with E-state index in [2.05, 4.69) is 14.9 Å². The van der Waals surface area contributed by atoms with Gasteiger partial charge >= 0.3 is 0 Å². The number of hydrogen-bond donors (Lipinski definition) is 0. The Kier molecular flexibility index (Phi) is 5.15. The Labute approximate surface area is 156 Å². The van der Waals surface area contributed by atoms with Gasteiger partial charge in [0.15, 0.2) is 6.61 Å². The molecule has 142 valence electrons. The first kappa shape index (κ1) is 17.7. The second-order valence-corrected chi connectivity index (χ2v) is 6.55. The van der Waals surface area contributed by atoms with Crippen molar-refractivity contribution in [2.75, 3.05) is 44.4 Å². The van der Waals surface area contributed by atoms with Crippen molar-refractivity contribution in [1.82, 2.24) is 14.9 Å². The monoisotopic (exact) mass is 372 g/mol. The maximum Gasteiger partial charge on any atom is 0.260 e. The van der Waals surface area contributed by atoms with Crippen LogP contribution in [0.3, 0.4) is 0 Å². The first-order valence-electron chi connectivity index (χ1n) is 9.03. The van der Waals surface area contributed by atoms with E-state index in [-0.39, 0.29) is 18.3 Å². The summed E-state index contributed by atoms with van der Waals surface area (Å²) in [5.41, 5.74) is 1.96. The minimum absolute atomic E-state index is 0.0810. The van der Waals surface area contributed by atoms with E-state index in [9.17, 15) is 9.18 Å². The van der Waals surface area contributed by atoms with Crippen molar-refractivity contribution in [2.24, 2.45) is 0 Å². The van der Waals surface area contributed by atoms with Gasteiger partial charge in [0, 0.05) is 25.8 Å². The number of carbonyl (C=O) groups is 1. The number of fused-ring (bicyclic) bond motifs is 1. The first-order valence-corrected chi connectivity index (χ1v) is 9.03. The highest BCUT2D eigenvalue weighted by Crippen LogP contribution is 2.20. The van der Waals surface area contributed by atoms with E-state index in [1.165, 1.54) is 24.3 Å². The molecule has 0 saturated carbocycles. The zero-order chi connectivity index (χ0) is 18.6. The van der Waals surface area contributed by atoms with Gasteiger partial charge < -0.3 is 19.3 Å².